The van der Waals surface area contributed by atoms with Crippen molar-refractivity contribution in [2.75, 3.05) is 6.61 Å². The zero-order chi connectivity index (χ0) is 23.4. The van der Waals surface area contributed by atoms with Crippen LogP contribution in [0.5, 0.6) is 11.5 Å². The number of ether oxygens (including phenoxy) is 3. The lowest BCUT2D eigenvalue weighted by Gasteiger charge is -2.15. The van der Waals surface area contributed by atoms with Crippen molar-refractivity contribution in [3.8, 4) is 11.5 Å². The lowest BCUT2D eigenvalue weighted by atomic mass is 10.1. The van der Waals surface area contributed by atoms with Gasteiger partial charge < -0.3 is 14.2 Å². The summed E-state index contributed by atoms with van der Waals surface area (Å²) in [6, 6.07) is 19.1. The van der Waals surface area contributed by atoms with Crippen molar-refractivity contribution in [3.63, 3.8) is 0 Å². The molecule has 1 aliphatic rings. The first-order valence-corrected chi connectivity index (χ1v) is 11.8. The second-order valence-electron chi connectivity index (χ2n) is 7.35. The molecule has 0 atom stereocenters. The SMILES string of the molecule is CCOc1cc(/C=C2\N=C(c3ccc(C)cc3)OC2=O)cc(Cl)c1OCc1ccccc1I. The number of carbonyl (C=O) groups is 1. The van der Waals surface area contributed by atoms with Gasteiger partial charge in [-0.3, -0.25) is 0 Å². The summed E-state index contributed by atoms with van der Waals surface area (Å²) >= 11 is 8.82. The molecule has 3 aromatic rings. The Hall–Kier alpha value is -2.84. The summed E-state index contributed by atoms with van der Waals surface area (Å²) in [5, 5.41) is 0.382. The van der Waals surface area contributed by atoms with E-state index in [1.54, 1.807) is 18.2 Å². The van der Waals surface area contributed by atoms with Crippen molar-refractivity contribution in [3.05, 3.63) is 97.2 Å². The number of benzene rings is 3. The van der Waals surface area contributed by atoms with Crippen LogP contribution in [0.25, 0.3) is 6.08 Å². The van der Waals surface area contributed by atoms with Gasteiger partial charge in [0.1, 0.15) is 6.61 Å². The molecule has 3 aromatic carbocycles. The fourth-order valence-corrected chi connectivity index (χ4v) is 4.04. The molecule has 1 heterocycles. The number of halogens is 2. The van der Waals surface area contributed by atoms with E-state index >= 15 is 0 Å². The maximum Gasteiger partial charge on any atom is 0.363 e. The first-order valence-electron chi connectivity index (χ1n) is 10.4. The highest BCUT2D eigenvalue weighted by atomic mass is 127. The number of aryl methyl sites for hydroxylation is 1. The Morgan fingerprint density at radius 3 is 2.58 bits per heavy atom. The van der Waals surface area contributed by atoms with Gasteiger partial charge in [0.2, 0.25) is 5.90 Å². The van der Waals surface area contributed by atoms with Gasteiger partial charge in [-0.25, -0.2) is 9.79 Å². The highest BCUT2D eigenvalue weighted by Crippen LogP contribution is 2.38. The highest BCUT2D eigenvalue weighted by molar-refractivity contribution is 14.1. The van der Waals surface area contributed by atoms with Gasteiger partial charge in [0.05, 0.1) is 11.6 Å². The summed E-state index contributed by atoms with van der Waals surface area (Å²) in [5.41, 5.74) is 3.75. The van der Waals surface area contributed by atoms with Crippen molar-refractivity contribution in [2.45, 2.75) is 20.5 Å². The van der Waals surface area contributed by atoms with E-state index in [1.807, 2.05) is 62.4 Å². The van der Waals surface area contributed by atoms with Crippen molar-refractivity contribution >= 4 is 52.1 Å². The summed E-state index contributed by atoms with van der Waals surface area (Å²) in [5.74, 6) is 0.716. The lowest BCUT2D eigenvalue weighted by molar-refractivity contribution is -0.129. The van der Waals surface area contributed by atoms with Crippen LogP contribution in [0.15, 0.2) is 71.4 Å². The van der Waals surface area contributed by atoms with Gasteiger partial charge in [0, 0.05) is 14.7 Å². The first kappa shape index (κ1) is 23.3. The second-order valence-corrected chi connectivity index (χ2v) is 8.91. The number of hydrogen-bond donors (Lipinski definition) is 0. The molecule has 0 radical (unpaired) electrons. The number of aliphatic imine (C=N–C) groups is 1. The number of rotatable bonds is 7. The van der Waals surface area contributed by atoms with E-state index < -0.39 is 5.97 Å². The normalized spacial score (nSPS) is 14.2. The molecule has 0 saturated heterocycles. The molecule has 7 heteroatoms. The molecular formula is C26H21ClINO4. The summed E-state index contributed by atoms with van der Waals surface area (Å²) < 4.78 is 18.3. The van der Waals surface area contributed by atoms with Crippen LogP contribution in [-0.4, -0.2) is 18.5 Å². The standard InChI is InChI=1S/C26H21ClINO4/c1-3-31-23-14-17(12-20(27)24(23)32-15-19-6-4-5-7-21(19)28)13-22-26(30)33-25(29-22)18-10-8-16(2)9-11-18/h4-14H,3,15H2,1-2H3/b22-13-. The molecule has 0 amide bonds. The Labute approximate surface area is 211 Å². The Morgan fingerprint density at radius 1 is 1.09 bits per heavy atom. The molecule has 0 saturated carbocycles. The van der Waals surface area contributed by atoms with Gasteiger partial charge in [-0.05, 0) is 78.4 Å². The third-order valence-corrected chi connectivity index (χ3v) is 6.22. The van der Waals surface area contributed by atoms with Gasteiger partial charge in [-0.2, -0.15) is 0 Å². The van der Waals surface area contributed by atoms with E-state index in [0.717, 1.165) is 20.3 Å². The van der Waals surface area contributed by atoms with Gasteiger partial charge in [-0.1, -0.05) is 47.5 Å². The van der Waals surface area contributed by atoms with Crippen molar-refractivity contribution < 1.29 is 19.0 Å². The van der Waals surface area contributed by atoms with Crippen molar-refractivity contribution in [2.24, 2.45) is 4.99 Å². The molecule has 4 rings (SSSR count). The van der Waals surface area contributed by atoms with Gasteiger partial charge >= 0.3 is 5.97 Å². The molecule has 0 aromatic heterocycles. The molecule has 5 nitrogen and oxygen atoms in total. The van der Waals surface area contributed by atoms with Gasteiger partial charge in [-0.15, -0.1) is 0 Å². The Morgan fingerprint density at radius 2 is 1.85 bits per heavy atom. The smallest absolute Gasteiger partial charge is 0.363 e. The minimum atomic E-state index is -0.515. The molecule has 168 valence electrons. The molecular weight excluding hydrogens is 553 g/mol. The van der Waals surface area contributed by atoms with Crippen LogP contribution in [0, 0.1) is 10.5 Å². The first-order chi connectivity index (χ1) is 15.9. The maximum atomic E-state index is 12.4. The van der Waals surface area contributed by atoms with E-state index in [2.05, 4.69) is 27.6 Å². The Kier molecular flexibility index (Phi) is 7.35. The summed E-state index contributed by atoms with van der Waals surface area (Å²) in [6.07, 6.45) is 1.63. The topological polar surface area (TPSA) is 57.1 Å². The number of esters is 1. The number of carbonyl (C=O) groups excluding carboxylic acids is 1. The van der Waals surface area contributed by atoms with Gasteiger partial charge in [0.15, 0.2) is 17.2 Å². The fraction of sp³-hybridized carbons (Fsp3) is 0.154. The Bertz CT molecular complexity index is 1250. The van der Waals surface area contributed by atoms with E-state index in [4.69, 9.17) is 25.8 Å². The number of nitrogens with zero attached hydrogens (tertiary/aromatic N) is 1. The highest BCUT2D eigenvalue weighted by Gasteiger charge is 2.24. The zero-order valence-electron chi connectivity index (χ0n) is 18.1. The predicted octanol–water partition coefficient (Wildman–Crippen LogP) is 6.58. The average Bonchev–Trinajstić information content (AvgIpc) is 3.15. The number of cyclic esters (lactones) is 1. The minimum Gasteiger partial charge on any atom is -0.490 e. The quantitative estimate of drug-likeness (QED) is 0.182. The second kappa shape index (κ2) is 10.4. The minimum absolute atomic E-state index is 0.191. The van der Waals surface area contributed by atoms with E-state index in [1.165, 1.54) is 0 Å². The van der Waals surface area contributed by atoms with Crippen LogP contribution in [0.1, 0.15) is 29.2 Å². The summed E-state index contributed by atoms with van der Waals surface area (Å²) in [4.78, 5) is 16.8. The molecule has 0 fully saturated rings. The zero-order valence-corrected chi connectivity index (χ0v) is 21.0. The third kappa shape index (κ3) is 5.57. The average molecular weight is 574 g/mol. The van der Waals surface area contributed by atoms with Crippen LogP contribution in [0.3, 0.4) is 0 Å². The van der Waals surface area contributed by atoms with Crippen LogP contribution in [-0.2, 0) is 16.1 Å². The third-order valence-electron chi connectivity index (χ3n) is 4.88. The molecule has 0 bridgehead atoms. The predicted molar refractivity (Wildman–Crippen MR) is 138 cm³/mol. The van der Waals surface area contributed by atoms with Crippen LogP contribution >= 0.6 is 34.2 Å². The van der Waals surface area contributed by atoms with E-state index in [9.17, 15) is 4.79 Å². The molecule has 0 spiro atoms. The van der Waals surface area contributed by atoms with E-state index in [0.29, 0.717) is 35.3 Å². The van der Waals surface area contributed by atoms with Gasteiger partial charge in [0.25, 0.3) is 0 Å². The lowest BCUT2D eigenvalue weighted by Crippen LogP contribution is -2.05. The maximum absolute atomic E-state index is 12.4. The Balaban J connectivity index is 1.61. The molecule has 0 unspecified atom stereocenters. The fourth-order valence-electron chi connectivity index (χ4n) is 3.23. The van der Waals surface area contributed by atoms with Crippen molar-refractivity contribution in [1.29, 1.82) is 0 Å². The number of hydrogen-bond acceptors (Lipinski definition) is 5. The van der Waals surface area contributed by atoms with Crippen molar-refractivity contribution in [1.82, 2.24) is 0 Å². The van der Waals surface area contributed by atoms with Crippen LogP contribution in [0.2, 0.25) is 5.02 Å². The van der Waals surface area contributed by atoms with E-state index in [-0.39, 0.29) is 11.6 Å². The largest absolute Gasteiger partial charge is 0.490 e. The summed E-state index contributed by atoms with van der Waals surface area (Å²) in [7, 11) is 0. The summed E-state index contributed by atoms with van der Waals surface area (Å²) in [6.45, 7) is 4.67. The monoisotopic (exact) mass is 573 g/mol. The molecule has 0 aliphatic carbocycles. The van der Waals surface area contributed by atoms with Crippen LogP contribution < -0.4 is 9.47 Å². The molecule has 1 aliphatic heterocycles. The van der Waals surface area contributed by atoms with Crippen LogP contribution in [0.4, 0.5) is 0 Å². The molecule has 0 N–H and O–H groups in total. The molecule has 33 heavy (non-hydrogen) atoms.